The molecular formula is C8H14O4. The van der Waals surface area contributed by atoms with E-state index in [2.05, 4.69) is 0 Å². The number of carbonyl (C=O) groups is 1. The summed E-state index contributed by atoms with van der Waals surface area (Å²) in [5.41, 5.74) is 0. The second-order valence-corrected chi connectivity index (χ2v) is 3.54. The molecule has 1 heterocycles. The Labute approximate surface area is 71.2 Å². The standard InChI is InChI=1S/C8H14O4/c1-4(2)3-5-6(9)7(10)8(11)12-5/h4-7,9-10H,3H2,1-2H3/t5-,6+,7?/m1/s1. The van der Waals surface area contributed by atoms with Crippen LogP contribution in [0.4, 0.5) is 0 Å². The van der Waals surface area contributed by atoms with Crippen LogP contribution in [0.2, 0.25) is 0 Å². The van der Waals surface area contributed by atoms with Crippen molar-refractivity contribution in [1.82, 2.24) is 0 Å². The normalized spacial score (nSPS) is 35.8. The summed E-state index contributed by atoms with van der Waals surface area (Å²) < 4.78 is 4.76. The molecule has 4 nitrogen and oxygen atoms in total. The molecular weight excluding hydrogens is 160 g/mol. The lowest BCUT2D eigenvalue weighted by Gasteiger charge is -2.14. The second-order valence-electron chi connectivity index (χ2n) is 3.54. The van der Waals surface area contributed by atoms with Crippen molar-refractivity contribution in [3.63, 3.8) is 0 Å². The second kappa shape index (κ2) is 3.41. The number of aliphatic hydroxyl groups excluding tert-OH is 2. The Morgan fingerprint density at radius 3 is 2.42 bits per heavy atom. The van der Waals surface area contributed by atoms with E-state index in [0.717, 1.165) is 0 Å². The zero-order valence-corrected chi connectivity index (χ0v) is 7.23. The summed E-state index contributed by atoms with van der Waals surface area (Å²) in [7, 11) is 0. The first-order chi connectivity index (χ1) is 5.52. The van der Waals surface area contributed by atoms with Crippen LogP contribution in [0.1, 0.15) is 20.3 Å². The number of ether oxygens (including phenoxy) is 1. The van der Waals surface area contributed by atoms with E-state index in [1.807, 2.05) is 13.8 Å². The van der Waals surface area contributed by atoms with Crippen molar-refractivity contribution in [1.29, 1.82) is 0 Å². The van der Waals surface area contributed by atoms with E-state index in [9.17, 15) is 9.90 Å². The molecule has 0 aromatic rings. The van der Waals surface area contributed by atoms with Gasteiger partial charge in [-0.2, -0.15) is 0 Å². The summed E-state index contributed by atoms with van der Waals surface area (Å²) in [5, 5.41) is 18.3. The molecule has 0 radical (unpaired) electrons. The van der Waals surface area contributed by atoms with Gasteiger partial charge in [-0.3, -0.25) is 0 Å². The summed E-state index contributed by atoms with van der Waals surface area (Å²) in [5.74, 6) is -0.379. The number of rotatable bonds is 2. The molecule has 1 saturated heterocycles. The van der Waals surface area contributed by atoms with E-state index in [1.54, 1.807) is 0 Å². The number of cyclic esters (lactones) is 1. The average molecular weight is 174 g/mol. The Bertz CT molecular complexity index is 178. The van der Waals surface area contributed by atoms with Crippen molar-refractivity contribution in [2.24, 2.45) is 5.92 Å². The zero-order valence-electron chi connectivity index (χ0n) is 7.23. The zero-order chi connectivity index (χ0) is 9.30. The lowest BCUT2D eigenvalue weighted by Crippen LogP contribution is -2.31. The number of carbonyl (C=O) groups excluding carboxylic acids is 1. The highest BCUT2D eigenvalue weighted by atomic mass is 16.6. The summed E-state index contributed by atoms with van der Waals surface area (Å²) in [6.07, 6.45) is -2.36. The molecule has 0 saturated carbocycles. The number of esters is 1. The first kappa shape index (κ1) is 9.48. The maximum Gasteiger partial charge on any atom is 0.338 e. The molecule has 70 valence electrons. The predicted molar refractivity (Wildman–Crippen MR) is 41.3 cm³/mol. The molecule has 0 aliphatic carbocycles. The fourth-order valence-electron chi connectivity index (χ4n) is 1.28. The third-order valence-corrected chi connectivity index (χ3v) is 1.92. The number of aliphatic hydroxyl groups is 2. The lowest BCUT2D eigenvalue weighted by atomic mass is 10.0. The van der Waals surface area contributed by atoms with Gasteiger partial charge in [0, 0.05) is 0 Å². The first-order valence-corrected chi connectivity index (χ1v) is 4.09. The minimum Gasteiger partial charge on any atom is -0.457 e. The minimum absolute atomic E-state index is 0.336. The van der Waals surface area contributed by atoms with Gasteiger partial charge in [0.05, 0.1) is 0 Å². The van der Waals surface area contributed by atoms with E-state index in [1.165, 1.54) is 0 Å². The molecule has 12 heavy (non-hydrogen) atoms. The summed E-state index contributed by atoms with van der Waals surface area (Å²) >= 11 is 0. The Hall–Kier alpha value is -0.610. The summed E-state index contributed by atoms with van der Waals surface area (Å²) in [6, 6.07) is 0. The smallest absolute Gasteiger partial charge is 0.338 e. The highest BCUT2D eigenvalue weighted by Gasteiger charge is 2.42. The van der Waals surface area contributed by atoms with Crippen molar-refractivity contribution in [3.05, 3.63) is 0 Å². The third kappa shape index (κ3) is 1.76. The Balaban J connectivity index is 2.53. The molecule has 1 unspecified atom stereocenters. The Morgan fingerprint density at radius 1 is 1.50 bits per heavy atom. The quantitative estimate of drug-likeness (QED) is 0.563. The topological polar surface area (TPSA) is 66.8 Å². The molecule has 0 bridgehead atoms. The highest BCUT2D eigenvalue weighted by molar-refractivity contribution is 5.77. The van der Waals surface area contributed by atoms with Crippen molar-refractivity contribution < 1.29 is 19.7 Å². The van der Waals surface area contributed by atoms with Crippen molar-refractivity contribution in [3.8, 4) is 0 Å². The molecule has 4 heteroatoms. The van der Waals surface area contributed by atoms with Gasteiger partial charge in [0.2, 0.25) is 0 Å². The van der Waals surface area contributed by atoms with Crippen LogP contribution in [-0.4, -0.2) is 34.5 Å². The fourth-order valence-corrected chi connectivity index (χ4v) is 1.28. The fraction of sp³-hybridized carbons (Fsp3) is 0.875. The number of hydrogen-bond donors (Lipinski definition) is 2. The van der Waals surface area contributed by atoms with E-state index >= 15 is 0 Å². The van der Waals surface area contributed by atoms with Crippen LogP contribution >= 0.6 is 0 Å². The average Bonchev–Trinajstić information content (AvgIpc) is 2.17. The third-order valence-electron chi connectivity index (χ3n) is 1.92. The molecule has 1 rings (SSSR count). The largest absolute Gasteiger partial charge is 0.457 e. The van der Waals surface area contributed by atoms with Gasteiger partial charge < -0.3 is 14.9 Å². The molecule has 0 aromatic carbocycles. The van der Waals surface area contributed by atoms with Crippen molar-refractivity contribution in [2.75, 3.05) is 0 Å². The molecule has 2 N–H and O–H groups in total. The van der Waals surface area contributed by atoms with Crippen LogP contribution in [0, 0.1) is 5.92 Å². The van der Waals surface area contributed by atoms with Gasteiger partial charge in [0.25, 0.3) is 0 Å². The number of hydrogen-bond acceptors (Lipinski definition) is 4. The molecule has 0 aromatic heterocycles. The maximum absolute atomic E-state index is 10.7. The maximum atomic E-state index is 10.7. The van der Waals surface area contributed by atoms with Gasteiger partial charge in [-0.25, -0.2) is 4.79 Å². The first-order valence-electron chi connectivity index (χ1n) is 4.09. The Morgan fingerprint density at radius 2 is 2.08 bits per heavy atom. The van der Waals surface area contributed by atoms with Gasteiger partial charge >= 0.3 is 5.97 Å². The lowest BCUT2D eigenvalue weighted by molar-refractivity contribution is -0.147. The SMILES string of the molecule is CC(C)C[C@H]1OC(=O)C(O)[C@H]1O. The molecule has 0 spiro atoms. The molecule has 1 aliphatic rings. The van der Waals surface area contributed by atoms with Crippen molar-refractivity contribution in [2.45, 2.75) is 38.6 Å². The van der Waals surface area contributed by atoms with Gasteiger partial charge in [-0.15, -0.1) is 0 Å². The minimum atomic E-state index is -1.35. The van der Waals surface area contributed by atoms with Crippen LogP contribution < -0.4 is 0 Å². The van der Waals surface area contributed by atoms with Crippen molar-refractivity contribution >= 4 is 5.97 Å². The van der Waals surface area contributed by atoms with Crippen LogP contribution in [0.15, 0.2) is 0 Å². The van der Waals surface area contributed by atoms with E-state index < -0.39 is 24.3 Å². The van der Waals surface area contributed by atoms with E-state index in [-0.39, 0.29) is 0 Å². The van der Waals surface area contributed by atoms with Crippen LogP contribution in [-0.2, 0) is 9.53 Å². The van der Waals surface area contributed by atoms with Crippen LogP contribution in [0.3, 0.4) is 0 Å². The van der Waals surface area contributed by atoms with Crippen LogP contribution in [0.25, 0.3) is 0 Å². The Kier molecular flexibility index (Phi) is 2.69. The summed E-state index contributed by atoms with van der Waals surface area (Å²) in [4.78, 5) is 10.7. The van der Waals surface area contributed by atoms with E-state index in [0.29, 0.717) is 12.3 Å². The van der Waals surface area contributed by atoms with Gasteiger partial charge in [0.1, 0.15) is 12.2 Å². The monoisotopic (exact) mass is 174 g/mol. The summed E-state index contributed by atoms with van der Waals surface area (Å²) in [6.45, 7) is 3.93. The van der Waals surface area contributed by atoms with Gasteiger partial charge in [0.15, 0.2) is 6.10 Å². The van der Waals surface area contributed by atoms with Gasteiger partial charge in [-0.1, -0.05) is 13.8 Å². The molecule has 1 aliphatic heterocycles. The molecule has 1 fully saturated rings. The molecule has 0 amide bonds. The highest BCUT2D eigenvalue weighted by Crippen LogP contribution is 2.21. The predicted octanol–water partition coefficient (Wildman–Crippen LogP) is -0.320. The molecule has 3 atom stereocenters. The van der Waals surface area contributed by atoms with E-state index in [4.69, 9.17) is 9.84 Å². The van der Waals surface area contributed by atoms with Crippen LogP contribution in [0.5, 0.6) is 0 Å². The van der Waals surface area contributed by atoms with Gasteiger partial charge in [-0.05, 0) is 12.3 Å².